The summed E-state index contributed by atoms with van der Waals surface area (Å²) < 4.78 is 0. The zero-order valence-electron chi connectivity index (χ0n) is 9.22. The van der Waals surface area contributed by atoms with Gasteiger partial charge in [0.15, 0.2) is 0 Å². The molecule has 0 aromatic rings. The average Bonchev–Trinajstić information content (AvgIpc) is 1.80. The second-order valence-corrected chi connectivity index (χ2v) is 5.42. The van der Waals surface area contributed by atoms with Gasteiger partial charge in [0, 0.05) is 18.2 Å². The van der Waals surface area contributed by atoms with Gasteiger partial charge in [0.2, 0.25) is 5.91 Å². The summed E-state index contributed by atoms with van der Waals surface area (Å²) in [6.45, 7) is 10.3. The van der Waals surface area contributed by atoms with E-state index in [1.54, 1.807) is 0 Å². The maximum absolute atomic E-state index is 11.7. The lowest BCUT2D eigenvalue weighted by molar-refractivity contribution is -0.135. The van der Waals surface area contributed by atoms with Crippen molar-refractivity contribution in [1.82, 2.24) is 4.90 Å². The Morgan fingerprint density at radius 3 is 2.31 bits per heavy atom. The maximum Gasteiger partial charge on any atom is 0.227 e. The van der Waals surface area contributed by atoms with E-state index in [0.29, 0.717) is 6.42 Å². The largest absolute Gasteiger partial charge is 0.314 e. The molecule has 74 valence electrons. The molecule has 0 unspecified atom stereocenters. The Morgan fingerprint density at radius 2 is 1.92 bits per heavy atom. The topological polar surface area (TPSA) is 20.3 Å². The van der Waals surface area contributed by atoms with E-state index in [9.17, 15) is 4.79 Å². The number of hydrogen-bond donors (Lipinski definition) is 0. The summed E-state index contributed by atoms with van der Waals surface area (Å²) in [5, 5.41) is 0. The van der Waals surface area contributed by atoms with Crippen LogP contribution in [0.15, 0.2) is 12.3 Å². The summed E-state index contributed by atoms with van der Waals surface area (Å²) in [7, 11) is 0. The van der Waals surface area contributed by atoms with Crippen LogP contribution in [-0.4, -0.2) is 16.3 Å². The number of carbonyl (C=O) groups excluding carboxylic acids is 1. The molecule has 0 bridgehead atoms. The quantitative estimate of drug-likeness (QED) is 0.562. The molecule has 0 fully saturated rings. The summed E-state index contributed by atoms with van der Waals surface area (Å²) in [5.74, 6) is 0.222. The molecule has 0 radical (unpaired) electrons. The van der Waals surface area contributed by atoms with Crippen LogP contribution < -0.4 is 0 Å². The highest BCUT2D eigenvalue weighted by Gasteiger charge is 2.32. The Bertz CT molecular complexity index is 245. The molecule has 2 heteroatoms. The third kappa shape index (κ3) is 2.33. The van der Waals surface area contributed by atoms with Gasteiger partial charge < -0.3 is 4.90 Å². The van der Waals surface area contributed by atoms with Crippen LogP contribution in [0.2, 0.25) is 0 Å². The van der Waals surface area contributed by atoms with Gasteiger partial charge in [0.25, 0.3) is 0 Å². The summed E-state index contributed by atoms with van der Waals surface area (Å²) in [6.07, 6.45) is 4.65. The van der Waals surface area contributed by atoms with Crippen molar-refractivity contribution in [1.29, 1.82) is 0 Å². The second kappa shape index (κ2) is 2.86. The SMILES string of the molecule is CC1(C)C=CN(C(C)(C)C)C(=O)C1. The summed E-state index contributed by atoms with van der Waals surface area (Å²) in [4.78, 5) is 13.5. The molecule has 2 nitrogen and oxygen atoms in total. The zero-order chi connectivity index (χ0) is 10.3. The molecular formula is C11H19NO. The first kappa shape index (κ1) is 10.3. The van der Waals surface area contributed by atoms with Crippen molar-refractivity contribution in [2.24, 2.45) is 5.41 Å². The minimum Gasteiger partial charge on any atom is -0.314 e. The first-order valence-electron chi connectivity index (χ1n) is 4.74. The van der Waals surface area contributed by atoms with E-state index < -0.39 is 0 Å². The summed E-state index contributed by atoms with van der Waals surface area (Å²) in [6, 6.07) is 0. The van der Waals surface area contributed by atoms with Crippen molar-refractivity contribution in [2.75, 3.05) is 0 Å². The predicted octanol–water partition coefficient (Wildman–Crippen LogP) is 2.56. The highest BCUT2D eigenvalue weighted by Crippen LogP contribution is 2.30. The first-order valence-corrected chi connectivity index (χ1v) is 4.74. The monoisotopic (exact) mass is 181 g/mol. The van der Waals surface area contributed by atoms with E-state index in [-0.39, 0.29) is 16.9 Å². The van der Waals surface area contributed by atoms with Crippen LogP contribution in [0.1, 0.15) is 41.0 Å². The normalized spacial score (nSPS) is 22.2. The van der Waals surface area contributed by atoms with Gasteiger partial charge in [0.05, 0.1) is 0 Å². The molecule has 1 amide bonds. The highest BCUT2D eigenvalue weighted by molar-refractivity contribution is 5.80. The highest BCUT2D eigenvalue weighted by atomic mass is 16.2. The zero-order valence-corrected chi connectivity index (χ0v) is 9.22. The van der Waals surface area contributed by atoms with Crippen LogP contribution in [0.3, 0.4) is 0 Å². The van der Waals surface area contributed by atoms with Gasteiger partial charge in [-0.2, -0.15) is 0 Å². The van der Waals surface area contributed by atoms with E-state index in [4.69, 9.17) is 0 Å². The van der Waals surface area contributed by atoms with E-state index in [1.165, 1.54) is 0 Å². The Hall–Kier alpha value is -0.790. The van der Waals surface area contributed by atoms with Gasteiger partial charge in [-0.25, -0.2) is 0 Å². The van der Waals surface area contributed by atoms with Crippen LogP contribution in [0.25, 0.3) is 0 Å². The molecule has 0 saturated heterocycles. The summed E-state index contributed by atoms with van der Waals surface area (Å²) >= 11 is 0. The molecule has 0 saturated carbocycles. The number of carbonyl (C=O) groups is 1. The number of nitrogens with zero attached hydrogens (tertiary/aromatic N) is 1. The Labute approximate surface area is 80.6 Å². The van der Waals surface area contributed by atoms with Crippen LogP contribution in [-0.2, 0) is 4.79 Å². The van der Waals surface area contributed by atoms with E-state index in [0.717, 1.165) is 0 Å². The van der Waals surface area contributed by atoms with Crippen LogP contribution in [0.4, 0.5) is 0 Å². The molecule has 0 aromatic carbocycles. The second-order valence-electron chi connectivity index (χ2n) is 5.42. The van der Waals surface area contributed by atoms with Crippen molar-refractivity contribution in [3.63, 3.8) is 0 Å². The molecule has 0 atom stereocenters. The fourth-order valence-corrected chi connectivity index (χ4v) is 1.49. The fourth-order valence-electron chi connectivity index (χ4n) is 1.49. The van der Waals surface area contributed by atoms with Gasteiger partial charge in [-0.3, -0.25) is 4.79 Å². The first-order chi connectivity index (χ1) is 5.72. The predicted molar refractivity (Wildman–Crippen MR) is 54.1 cm³/mol. The molecule has 1 aliphatic heterocycles. The van der Waals surface area contributed by atoms with Crippen molar-refractivity contribution in [3.8, 4) is 0 Å². The third-order valence-electron chi connectivity index (χ3n) is 2.27. The summed E-state index contributed by atoms with van der Waals surface area (Å²) in [5.41, 5.74) is -0.0666. The molecule has 0 spiro atoms. The van der Waals surface area contributed by atoms with E-state index in [1.807, 2.05) is 31.9 Å². The van der Waals surface area contributed by atoms with Crippen molar-refractivity contribution in [2.45, 2.75) is 46.6 Å². The molecule has 13 heavy (non-hydrogen) atoms. The molecular weight excluding hydrogens is 162 g/mol. The minimum absolute atomic E-state index is 0.0266. The Balaban J connectivity index is 2.89. The molecule has 0 N–H and O–H groups in total. The van der Waals surface area contributed by atoms with Crippen molar-refractivity contribution >= 4 is 5.91 Å². The number of amides is 1. The van der Waals surface area contributed by atoms with Crippen molar-refractivity contribution in [3.05, 3.63) is 12.3 Å². The van der Waals surface area contributed by atoms with E-state index >= 15 is 0 Å². The van der Waals surface area contributed by atoms with Gasteiger partial charge in [-0.15, -0.1) is 0 Å². The van der Waals surface area contributed by atoms with Gasteiger partial charge in [-0.1, -0.05) is 19.9 Å². The number of rotatable bonds is 0. The molecule has 0 aliphatic carbocycles. The lowest BCUT2D eigenvalue weighted by Gasteiger charge is -2.38. The Kier molecular flexibility index (Phi) is 2.27. The number of hydrogen-bond acceptors (Lipinski definition) is 1. The average molecular weight is 181 g/mol. The Morgan fingerprint density at radius 1 is 1.38 bits per heavy atom. The molecule has 0 aromatic heterocycles. The molecule has 1 heterocycles. The maximum atomic E-state index is 11.7. The van der Waals surface area contributed by atoms with Crippen molar-refractivity contribution < 1.29 is 4.79 Å². The third-order valence-corrected chi connectivity index (χ3v) is 2.27. The number of allylic oxidation sites excluding steroid dienone is 1. The molecule has 1 rings (SSSR count). The lowest BCUT2D eigenvalue weighted by atomic mass is 9.85. The lowest BCUT2D eigenvalue weighted by Crippen LogP contribution is -2.45. The van der Waals surface area contributed by atoms with Gasteiger partial charge in [0.1, 0.15) is 0 Å². The van der Waals surface area contributed by atoms with Crippen LogP contribution >= 0.6 is 0 Å². The van der Waals surface area contributed by atoms with Gasteiger partial charge >= 0.3 is 0 Å². The molecule has 1 aliphatic rings. The van der Waals surface area contributed by atoms with Crippen LogP contribution in [0, 0.1) is 5.41 Å². The smallest absolute Gasteiger partial charge is 0.227 e. The minimum atomic E-state index is -0.0932. The standard InChI is InChI=1S/C11H19NO/c1-10(2,3)12-7-6-11(4,5)8-9(12)13/h6-7H,8H2,1-5H3. The van der Waals surface area contributed by atoms with Crippen LogP contribution in [0.5, 0.6) is 0 Å². The van der Waals surface area contributed by atoms with E-state index in [2.05, 4.69) is 19.9 Å². The van der Waals surface area contributed by atoms with Gasteiger partial charge in [-0.05, 0) is 26.2 Å². The fraction of sp³-hybridized carbons (Fsp3) is 0.727.